The predicted octanol–water partition coefficient (Wildman–Crippen LogP) is 13.7. The number of nitrogens with zero attached hydrogens (tertiary/aromatic N) is 5. The van der Waals surface area contributed by atoms with Crippen LogP contribution < -0.4 is 0 Å². The van der Waals surface area contributed by atoms with Gasteiger partial charge in [0.15, 0.2) is 5.69 Å². The van der Waals surface area contributed by atoms with E-state index in [1.807, 2.05) is 24.3 Å². The molecule has 0 fully saturated rings. The third kappa shape index (κ3) is 4.39. The van der Waals surface area contributed by atoms with Crippen molar-refractivity contribution in [1.82, 2.24) is 13.7 Å². The Morgan fingerprint density at radius 1 is 0.382 bits per heavy atom. The monoisotopic (exact) mass is 699 g/mol. The van der Waals surface area contributed by atoms with Crippen molar-refractivity contribution >= 4 is 76.8 Å². The summed E-state index contributed by atoms with van der Waals surface area (Å²) in [5, 5.41) is 6.85. The zero-order valence-electron chi connectivity index (χ0n) is 29.5. The lowest BCUT2D eigenvalue weighted by Gasteiger charge is -2.17. The topological polar surface area (TPSA) is 23.5 Å². The fourth-order valence-electron chi connectivity index (χ4n) is 8.78. The average molecular weight is 700 g/mol. The van der Waals surface area contributed by atoms with E-state index in [-0.39, 0.29) is 0 Å². The molecule has 3 aromatic heterocycles. The summed E-state index contributed by atoms with van der Waals surface area (Å²) in [6, 6.07) is 61.3. The second-order valence-corrected chi connectivity index (χ2v) is 13.9. The Kier molecular flexibility index (Phi) is 6.61. The van der Waals surface area contributed by atoms with Gasteiger partial charge in [0.05, 0.1) is 57.6 Å². The van der Waals surface area contributed by atoms with E-state index in [4.69, 9.17) is 13.1 Å². The van der Waals surface area contributed by atoms with E-state index in [9.17, 15) is 0 Å². The number of fused-ring (bicyclic) bond motifs is 9. The van der Waals surface area contributed by atoms with Crippen molar-refractivity contribution in [3.8, 4) is 28.2 Å². The Bertz CT molecular complexity index is 3400. The zero-order chi connectivity index (χ0) is 36.6. The Balaban J connectivity index is 1.15. The Morgan fingerprint density at radius 3 is 1.55 bits per heavy atom. The lowest BCUT2D eigenvalue weighted by atomic mass is 10.0. The van der Waals surface area contributed by atoms with Gasteiger partial charge >= 0.3 is 0 Å². The molecule has 254 valence electrons. The second kappa shape index (κ2) is 11.8. The van der Waals surface area contributed by atoms with Gasteiger partial charge in [-0.15, -0.1) is 0 Å². The van der Waals surface area contributed by atoms with Gasteiger partial charge in [-0.25, -0.2) is 9.69 Å². The summed E-state index contributed by atoms with van der Waals surface area (Å²) in [6.45, 7) is 15.9. The molecule has 5 heteroatoms. The molecule has 3 heterocycles. The van der Waals surface area contributed by atoms with Gasteiger partial charge in [-0.1, -0.05) is 121 Å². The third-order valence-electron chi connectivity index (χ3n) is 11.1. The van der Waals surface area contributed by atoms with E-state index < -0.39 is 0 Å². The zero-order valence-corrected chi connectivity index (χ0v) is 29.5. The normalized spacial score (nSPS) is 11.6. The minimum atomic E-state index is 0.606. The molecule has 0 aliphatic heterocycles. The van der Waals surface area contributed by atoms with Crippen molar-refractivity contribution in [2.24, 2.45) is 0 Å². The first kappa shape index (κ1) is 30.7. The Labute approximate surface area is 316 Å². The van der Waals surface area contributed by atoms with Crippen molar-refractivity contribution in [3.05, 3.63) is 199 Å². The molecule has 8 aromatic carbocycles. The molecule has 0 atom stereocenters. The molecular formula is C50H29N5. The van der Waals surface area contributed by atoms with Gasteiger partial charge in [0.2, 0.25) is 5.69 Å². The van der Waals surface area contributed by atoms with E-state index >= 15 is 0 Å². The molecule has 0 radical (unpaired) electrons. The van der Waals surface area contributed by atoms with Crippen LogP contribution in [0.3, 0.4) is 0 Å². The smallest absolute Gasteiger partial charge is 0.211 e. The van der Waals surface area contributed by atoms with Crippen LogP contribution in [0.2, 0.25) is 0 Å². The van der Waals surface area contributed by atoms with Crippen LogP contribution in [0.1, 0.15) is 0 Å². The number of rotatable bonds is 4. The van der Waals surface area contributed by atoms with Crippen LogP contribution in [0.5, 0.6) is 0 Å². The van der Waals surface area contributed by atoms with Crippen LogP contribution in [-0.2, 0) is 0 Å². The SMILES string of the molecule is [C-]#[N+]c1ccc2c(c1)c1ccccc1n2-c1cccc2c3ccccc3n(-c3ccc(-c4cccc([N+]#[C-])c4-n4c5ccccc5c5ccccc54)cc3)c12. The van der Waals surface area contributed by atoms with Crippen molar-refractivity contribution in [1.29, 1.82) is 0 Å². The second-order valence-electron chi connectivity index (χ2n) is 13.9. The number of hydrogen-bond donors (Lipinski definition) is 0. The fraction of sp³-hybridized carbons (Fsp3) is 0. The summed E-state index contributed by atoms with van der Waals surface area (Å²) < 4.78 is 6.98. The molecule has 0 spiro atoms. The first-order chi connectivity index (χ1) is 27.2. The average Bonchev–Trinajstić information content (AvgIpc) is 3.89. The third-order valence-corrected chi connectivity index (χ3v) is 11.1. The van der Waals surface area contributed by atoms with Gasteiger partial charge in [-0.05, 0) is 71.1 Å². The van der Waals surface area contributed by atoms with Gasteiger partial charge < -0.3 is 13.7 Å². The van der Waals surface area contributed by atoms with Crippen LogP contribution in [-0.4, -0.2) is 13.7 Å². The van der Waals surface area contributed by atoms with Crippen LogP contribution in [0, 0.1) is 13.1 Å². The van der Waals surface area contributed by atoms with E-state index in [2.05, 4.69) is 175 Å². The fourth-order valence-corrected chi connectivity index (χ4v) is 8.78. The first-order valence-electron chi connectivity index (χ1n) is 18.3. The number of benzene rings is 8. The van der Waals surface area contributed by atoms with Gasteiger partial charge in [0.1, 0.15) is 0 Å². The highest BCUT2D eigenvalue weighted by molar-refractivity contribution is 6.15. The molecule has 55 heavy (non-hydrogen) atoms. The highest BCUT2D eigenvalue weighted by Crippen LogP contribution is 2.43. The van der Waals surface area contributed by atoms with E-state index in [0.29, 0.717) is 11.4 Å². The number of aromatic nitrogens is 3. The molecule has 5 nitrogen and oxygen atoms in total. The number of para-hydroxylation sites is 6. The van der Waals surface area contributed by atoms with Gasteiger partial charge in [0, 0.05) is 32.6 Å². The highest BCUT2D eigenvalue weighted by atomic mass is 15.1. The predicted molar refractivity (Wildman–Crippen MR) is 227 cm³/mol. The van der Waals surface area contributed by atoms with Crippen molar-refractivity contribution in [2.75, 3.05) is 0 Å². The van der Waals surface area contributed by atoms with E-state index in [0.717, 1.165) is 82.8 Å². The van der Waals surface area contributed by atoms with Crippen LogP contribution in [0.15, 0.2) is 176 Å². The van der Waals surface area contributed by atoms with Gasteiger partial charge in [0.25, 0.3) is 0 Å². The van der Waals surface area contributed by atoms with E-state index in [1.165, 1.54) is 10.8 Å². The number of hydrogen-bond acceptors (Lipinski definition) is 0. The minimum Gasteiger partial charge on any atom is -0.318 e. The van der Waals surface area contributed by atoms with Gasteiger partial charge in [-0.3, -0.25) is 0 Å². The molecular weight excluding hydrogens is 671 g/mol. The Hall–Kier alpha value is -7.86. The summed E-state index contributed by atoms with van der Waals surface area (Å²) in [4.78, 5) is 7.80. The summed E-state index contributed by atoms with van der Waals surface area (Å²) >= 11 is 0. The Morgan fingerprint density at radius 2 is 0.909 bits per heavy atom. The molecule has 0 aliphatic rings. The maximum absolute atomic E-state index is 8.24. The first-order valence-corrected chi connectivity index (χ1v) is 18.3. The largest absolute Gasteiger partial charge is 0.318 e. The molecule has 0 saturated heterocycles. The van der Waals surface area contributed by atoms with Crippen LogP contribution >= 0.6 is 0 Å². The highest BCUT2D eigenvalue weighted by Gasteiger charge is 2.22. The molecule has 0 bridgehead atoms. The minimum absolute atomic E-state index is 0.606. The standard InChI is InChI=1S/C50H29N5/c1-51-33-27-30-47-41(31-33)39-16-6-8-21-44(39)54(47)48-24-12-18-40-38-15-5-7-20-43(38)53(50(40)48)34-28-25-32(26-29-34)35-17-11-19-42(52-2)49(35)55-45-22-9-3-13-36(45)37-14-4-10-23-46(37)55/h3-31H. The molecule has 0 amide bonds. The van der Waals surface area contributed by atoms with Crippen molar-refractivity contribution in [2.45, 2.75) is 0 Å². The summed E-state index contributed by atoms with van der Waals surface area (Å²) in [5.74, 6) is 0. The lowest BCUT2D eigenvalue weighted by Crippen LogP contribution is -2.01. The van der Waals surface area contributed by atoms with Gasteiger partial charge in [-0.2, -0.15) is 0 Å². The van der Waals surface area contributed by atoms with Crippen molar-refractivity contribution < 1.29 is 0 Å². The maximum Gasteiger partial charge on any atom is 0.211 e. The summed E-state index contributed by atoms with van der Waals surface area (Å²) in [7, 11) is 0. The molecule has 0 N–H and O–H groups in total. The molecule has 0 saturated carbocycles. The summed E-state index contributed by atoms with van der Waals surface area (Å²) in [5.41, 5.74) is 12.8. The molecule has 0 aliphatic carbocycles. The summed E-state index contributed by atoms with van der Waals surface area (Å²) in [6.07, 6.45) is 0. The lowest BCUT2D eigenvalue weighted by molar-refractivity contribution is 1.13. The molecule has 11 aromatic rings. The molecule has 11 rings (SSSR count). The van der Waals surface area contributed by atoms with Crippen LogP contribution in [0.25, 0.3) is 103 Å². The van der Waals surface area contributed by atoms with Crippen molar-refractivity contribution in [3.63, 3.8) is 0 Å². The van der Waals surface area contributed by atoms with Crippen LogP contribution in [0.4, 0.5) is 11.4 Å². The quantitative estimate of drug-likeness (QED) is 0.163. The van der Waals surface area contributed by atoms with E-state index in [1.54, 1.807) is 0 Å². The molecule has 0 unspecified atom stereocenters. The maximum atomic E-state index is 8.24.